The summed E-state index contributed by atoms with van der Waals surface area (Å²) < 4.78 is 0. The van der Waals surface area contributed by atoms with Crippen molar-refractivity contribution in [3.05, 3.63) is 20.9 Å². The molecule has 0 aromatic carbocycles. The third-order valence-electron chi connectivity index (χ3n) is 1.85. The lowest BCUT2D eigenvalue weighted by atomic mass is 10.5. The lowest BCUT2D eigenvalue weighted by Gasteiger charge is -2.09. The Morgan fingerprint density at radius 1 is 1.05 bits per heavy atom. The van der Waals surface area contributed by atoms with E-state index in [9.17, 15) is 0 Å². The van der Waals surface area contributed by atoms with Gasteiger partial charge in [0, 0.05) is 22.4 Å². The molecule has 0 bridgehead atoms. The highest BCUT2D eigenvalue weighted by atomic mass is 28.4. The first kappa shape index (κ1) is 15.6. The van der Waals surface area contributed by atoms with Crippen LogP contribution in [0.1, 0.15) is 6.42 Å². The second-order valence-corrected chi connectivity index (χ2v) is 5.49. The van der Waals surface area contributed by atoms with Gasteiger partial charge in [-0.05, 0) is 27.7 Å². The van der Waals surface area contributed by atoms with Gasteiger partial charge in [0.1, 0.15) is 0 Å². The molecule has 0 amide bonds. The van der Waals surface area contributed by atoms with Crippen molar-refractivity contribution < 1.29 is 14.4 Å². The molecule has 0 radical (unpaired) electrons. The maximum Gasteiger partial charge on any atom is 0.492 e. The van der Waals surface area contributed by atoms with E-state index in [1.807, 2.05) is 0 Å². The predicted octanol–water partition coefficient (Wildman–Crippen LogP) is 0.473. The molecule has 1 rings (SSSR count). The highest BCUT2D eigenvalue weighted by Gasteiger charge is 2.25. The Balaban J connectivity index is 2.73. The van der Waals surface area contributed by atoms with E-state index in [1.54, 1.807) is 0 Å². The number of azide groups is 2. The summed E-state index contributed by atoms with van der Waals surface area (Å²) in [5, 5.41) is 8.99. The number of hydrogen-bond donors (Lipinski definition) is 4. The van der Waals surface area contributed by atoms with E-state index in [-0.39, 0.29) is 36.9 Å². The van der Waals surface area contributed by atoms with Crippen LogP contribution < -0.4 is 5.32 Å². The molecule has 0 saturated heterocycles. The minimum Gasteiger partial charge on any atom is -0.390 e. The SMILES string of the molecule is [N-]=[N+]=Nc1nc(N=[N+]=[N-])nc(NCCC[Si](O)(O)O)n1. The summed E-state index contributed by atoms with van der Waals surface area (Å²) in [5.74, 6) is -0.559. The van der Waals surface area contributed by atoms with Gasteiger partial charge in [-0.1, -0.05) is 0 Å². The van der Waals surface area contributed by atoms with Crippen LogP contribution in [0.3, 0.4) is 0 Å². The average Bonchev–Trinajstić information content (AvgIpc) is 2.34. The molecular weight excluding hydrogens is 288 g/mol. The summed E-state index contributed by atoms with van der Waals surface area (Å²) in [4.78, 5) is 42.4. The van der Waals surface area contributed by atoms with Crippen molar-refractivity contribution >= 4 is 26.6 Å². The lowest BCUT2D eigenvalue weighted by molar-refractivity contribution is 0.227. The fourth-order valence-corrected chi connectivity index (χ4v) is 1.78. The standard InChI is InChI=1S/C6H10N10O3Si/c7-15-13-5-10-4(11-6(12-5)14-16-8)9-2-1-3-20(17,18)19/h17-19H,1-3H2,(H,9,10,11,12). The van der Waals surface area contributed by atoms with E-state index >= 15 is 0 Å². The van der Waals surface area contributed by atoms with E-state index < -0.39 is 8.80 Å². The first-order chi connectivity index (χ1) is 9.44. The molecule has 0 spiro atoms. The van der Waals surface area contributed by atoms with Gasteiger partial charge in [-0.25, -0.2) is 4.98 Å². The van der Waals surface area contributed by atoms with Crippen molar-refractivity contribution in [3.63, 3.8) is 0 Å². The van der Waals surface area contributed by atoms with Crippen molar-refractivity contribution in [2.75, 3.05) is 11.9 Å². The van der Waals surface area contributed by atoms with E-state index in [2.05, 4.69) is 40.3 Å². The average molecular weight is 298 g/mol. The zero-order chi connectivity index (χ0) is 15.0. The Hall–Kier alpha value is -2.47. The third kappa shape index (κ3) is 5.92. The number of nitrogens with zero attached hydrogens (tertiary/aromatic N) is 9. The topological polar surface area (TPSA) is 209 Å². The number of aromatic nitrogens is 3. The second kappa shape index (κ2) is 7.20. The molecule has 20 heavy (non-hydrogen) atoms. The highest BCUT2D eigenvalue weighted by Crippen LogP contribution is 2.14. The van der Waals surface area contributed by atoms with Crippen LogP contribution in [0.15, 0.2) is 10.2 Å². The molecule has 14 heteroatoms. The smallest absolute Gasteiger partial charge is 0.390 e. The normalized spacial score (nSPS) is 10.3. The Labute approximate surface area is 112 Å². The number of rotatable bonds is 7. The molecule has 0 aliphatic heterocycles. The zero-order valence-corrected chi connectivity index (χ0v) is 11.0. The number of anilines is 1. The Kier molecular flexibility index (Phi) is 5.61. The summed E-state index contributed by atoms with van der Waals surface area (Å²) in [6, 6.07) is -0.155. The maximum absolute atomic E-state index is 8.81. The highest BCUT2D eigenvalue weighted by molar-refractivity contribution is 6.56. The van der Waals surface area contributed by atoms with Gasteiger partial charge in [-0.2, -0.15) is 9.97 Å². The molecular formula is C6H10N10O3Si. The Morgan fingerprint density at radius 2 is 1.60 bits per heavy atom. The van der Waals surface area contributed by atoms with Crippen LogP contribution in [0.2, 0.25) is 6.04 Å². The number of nitrogens with one attached hydrogen (secondary N) is 1. The van der Waals surface area contributed by atoms with E-state index in [4.69, 9.17) is 25.4 Å². The minimum atomic E-state index is -4.07. The minimum absolute atomic E-state index is 0.00844. The predicted molar refractivity (Wildman–Crippen MR) is 67.8 cm³/mol. The van der Waals surface area contributed by atoms with Gasteiger partial charge >= 0.3 is 8.80 Å². The van der Waals surface area contributed by atoms with Crippen LogP contribution in [0.25, 0.3) is 20.9 Å². The van der Waals surface area contributed by atoms with Gasteiger partial charge in [0.25, 0.3) is 0 Å². The molecule has 0 unspecified atom stereocenters. The van der Waals surface area contributed by atoms with E-state index in [0.717, 1.165) is 0 Å². The number of hydrogen-bond acceptors (Lipinski definition) is 9. The summed E-state index contributed by atoms with van der Waals surface area (Å²) in [6.45, 7) is 0.214. The molecule has 4 N–H and O–H groups in total. The molecule has 13 nitrogen and oxygen atoms in total. The van der Waals surface area contributed by atoms with Gasteiger partial charge < -0.3 is 19.7 Å². The van der Waals surface area contributed by atoms with Gasteiger partial charge in [-0.15, -0.1) is 0 Å². The molecule has 106 valence electrons. The van der Waals surface area contributed by atoms with Crippen LogP contribution >= 0.6 is 0 Å². The van der Waals surface area contributed by atoms with Crippen LogP contribution in [0, 0.1) is 0 Å². The maximum atomic E-state index is 8.81. The summed E-state index contributed by atoms with van der Waals surface area (Å²) >= 11 is 0. The molecule has 0 fully saturated rings. The van der Waals surface area contributed by atoms with Crippen LogP contribution in [-0.4, -0.2) is 44.7 Å². The van der Waals surface area contributed by atoms with Gasteiger partial charge in [0.05, 0.1) is 0 Å². The monoisotopic (exact) mass is 298 g/mol. The van der Waals surface area contributed by atoms with E-state index in [1.165, 1.54) is 0 Å². The summed E-state index contributed by atoms with van der Waals surface area (Å²) in [7, 11) is -4.07. The summed E-state index contributed by atoms with van der Waals surface area (Å²) in [5.41, 5.74) is 16.6. The fourth-order valence-electron chi connectivity index (χ4n) is 1.13. The third-order valence-corrected chi connectivity index (χ3v) is 2.88. The molecule has 1 aromatic heterocycles. The van der Waals surface area contributed by atoms with Crippen LogP contribution in [0.4, 0.5) is 17.8 Å². The lowest BCUT2D eigenvalue weighted by Crippen LogP contribution is -2.34. The van der Waals surface area contributed by atoms with Gasteiger partial charge in [-0.3, -0.25) is 0 Å². The Bertz CT molecular complexity index is 524. The van der Waals surface area contributed by atoms with Crippen molar-refractivity contribution in [2.45, 2.75) is 12.5 Å². The molecule has 0 atom stereocenters. The molecule has 0 aliphatic rings. The quantitative estimate of drug-likeness (QED) is 0.183. The largest absolute Gasteiger partial charge is 0.492 e. The molecule has 1 heterocycles. The van der Waals surface area contributed by atoms with E-state index in [0.29, 0.717) is 0 Å². The van der Waals surface area contributed by atoms with Crippen molar-refractivity contribution in [1.82, 2.24) is 15.0 Å². The summed E-state index contributed by atoms with van der Waals surface area (Å²) in [6.07, 6.45) is 0.245. The Morgan fingerprint density at radius 3 is 2.05 bits per heavy atom. The second-order valence-electron chi connectivity index (χ2n) is 3.44. The molecule has 0 aliphatic carbocycles. The fraction of sp³-hybridized carbons (Fsp3) is 0.500. The van der Waals surface area contributed by atoms with Gasteiger partial charge in [0.2, 0.25) is 17.8 Å². The van der Waals surface area contributed by atoms with Gasteiger partial charge in [0.15, 0.2) is 0 Å². The van der Waals surface area contributed by atoms with Crippen LogP contribution in [-0.2, 0) is 0 Å². The van der Waals surface area contributed by atoms with Crippen molar-refractivity contribution in [1.29, 1.82) is 0 Å². The van der Waals surface area contributed by atoms with Crippen LogP contribution in [0.5, 0.6) is 0 Å². The van der Waals surface area contributed by atoms with Crippen molar-refractivity contribution in [3.8, 4) is 0 Å². The molecule has 1 aromatic rings. The first-order valence-corrected chi connectivity index (χ1v) is 7.27. The first-order valence-electron chi connectivity index (χ1n) is 5.22. The molecule has 0 saturated carbocycles. The zero-order valence-electron chi connectivity index (χ0n) is 9.99. The van der Waals surface area contributed by atoms with Crippen molar-refractivity contribution in [2.24, 2.45) is 10.2 Å².